The molecule has 3 amide bonds. The van der Waals surface area contributed by atoms with E-state index in [2.05, 4.69) is 10.6 Å². The number of amides is 3. The molecule has 1 aromatic carbocycles. The smallest absolute Gasteiger partial charge is 0.246 e. The van der Waals surface area contributed by atoms with E-state index in [0.717, 1.165) is 11.3 Å². The third-order valence-electron chi connectivity index (χ3n) is 3.98. The molecule has 2 N–H and O–H groups in total. The molecule has 0 unspecified atom stereocenters. The van der Waals surface area contributed by atoms with Crippen molar-refractivity contribution < 1.29 is 14.4 Å². The van der Waals surface area contributed by atoms with E-state index in [-0.39, 0.29) is 17.7 Å². The number of likely N-dealkylation sites (N-methyl/N-ethyl adjacent to an activating group) is 1. The molecule has 7 nitrogen and oxygen atoms in total. The van der Waals surface area contributed by atoms with Crippen LogP contribution in [-0.4, -0.2) is 67.3 Å². The van der Waals surface area contributed by atoms with Gasteiger partial charge in [-0.1, -0.05) is 12.1 Å². The molecule has 2 rings (SSSR count). The minimum absolute atomic E-state index is 0.0117. The van der Waals surface area contributed by atoms with E-state index in [4.69, 9.17) is 0 Å². The van der Waals surface area contributed by atoms with Crippen molar-refractivity contribution in [2.75, 3.05) is 45.1 Å². The highest BCUT2D eigenvalue weighted by Crippen LogP contribution is 2.11. The Hall–Kier alpha value is -2.67. The summed E-state index contributed by atoms with van der Waals surface area (Å²) in [4.78, 5) is 38.4. The van der Waals surface area contributed by atoms with Gasteiger partial charge in [-0.3, -0.25) is 19.3 Å². The summed E-state index contributed by atoms with van der Waals surface area (Å²) in [6, 6.07) is 7.28. The summed E-state index contributed by atoms with van der Waals surface area (Å²) in [7, 11) is 1.62. The molecule has 7 heteroatoms. The molecule has 0 aromatic heterocycles. The van der Waals surface area contributed by atoms with Gasteiger partial charge in [-0.15, -0.1) is 0 Å². The number of carbonyl (C=O) groups excluding carboxylic acids is 3. The fourth-order valence-electron chi connectivity index (χ4n) is 2.56. The second-order valence-corrected chi connectivity index (χ2v) is 5.91. The summed E-state index contributed by atoms with van der Waals surface area (Å²) in [6.45, 7) is 4.44. The molecule has 1 aliphatic rings. The zero-order chi connectivity index (χ0) is 18.2. The second-order valence-electron chi connectivity index (χ2n) is 5.91. The Labute approximate surface area is 147 Å². The van der Waals surface area contributed by atoms with Gasteiger partial charge in [-0.05, 0) is 23.8 Å². The summed E-state index contributed by atoms with van der Waals surface area (Å²) in [5.41, 5.74) is 1.61. The van der Waals surface area contributed by atoms with Crippen LogP contribution in [0.5, 0.6) is 0 Å². The zero-order valence-corrected chi connectivity index (χ0v) is 14.6. The van der Waals surface area contributed by atoms with Gasteiger partial charge in [0.25, 0.3) is 0 Å². The first-order valence-corrected chi connectivity index (χ1v) is 8.25. The molecule has 25 heavy (non-hydrogen) atoms. The molecule has 1 heterocycles. The fraction of sp³-hybridized carbons (Fsp3) is 0.389. The Morgan fingerprint density at radius 1 is 1.08 bits per heavy atom. The van der Waals surface area contributed by atoms with Gasteiger partial charge in [0, 0.05) is 51.9 Å². The Bertz CT molecular complexity index is 647. The molecule has 1 fully saturated rings. The van der Waals surface area contributed by atoms with E-state index in [1.807, 2.05) is 17.0 Å². The van der Waals surface area contributed by atoms with Gasteiger partial charge >= 0.3 is 0 Å². The van der Waals surface area contributed by atoms with E-state index >= 15 is 0 Å². The standard InChI is InChI=1S/C18H24N4O3/c1-14(23)20-16-6-3-15(4-7-16)5-8-18(25)22-11-9-21(10-12-22)13-17(24)19-2/h3-8H,9-13H2,1-2H3,(H,19,24)(H,20,23)/b8-5+. The van der Waals surface area contributed by atoms with Crippen molar-refractivity contribution in [3.8, 4) is 0 Å². The maximum absolute atomic E-state index is 12.3. The zero-order valence-electron chi connectivity index (χ0n) is 14.6. The van der Waals surface area contributed by atoms with Crippen LogP contribution in [0.3, 0.4) is 0 Å². The van der Waals surface area contributed by atoms with Crippen LogP contribution in [0.4, 0.5) is 5.69 Å². The van der Waals surface area contributed by atoms with Gasteiger partial charge in [-0.25, -0.2) is 0 Å². The first kappa shape index (κ1) is 18.7. The first-order chi connectivity index (χ1) is 12.0. The van der Waals surface area contributed by atoms with Crippen LogP contribution < -0.4 is 10.6 Å². The van der Waals surface area contributed by atoms with Gasteiger partial charge in [0.05, 0.1) is 6.54 Å². The van der Waals surface area contributed by atoms with E-state index in [9.17, 15) is 14.4 Å². The topological polar surface area (TPSA) is 81.8 Å². The lowest BCUT2D eigenvalue weighted by molar-refractivity contribution is -0.128. The summed E-state index contributed by atoms with van der Waals surface area (Å²) in [5, 5.41) is 5.30. The second kappa shape index (κ2) is 8.98. The molecule has 0 bridgehead atoms. The molecule has 1 aliphatic heterocycles. The van der Waals surface area contributed by atoms with Crippen LogP contribution in [0.1, 0.15) is 12.5 Å². The maximum atomic E-state index is 12.3. The van der Waals surface area contributed by atoms with Gasteiger partial charge in [0.1, 0.15) is 0 Å². The highest BCUT2D eigenvalue weighted by atomic mass is 16.2. The Balaban J connectivity index is 1.82. The predicted octanol–water partition coefficient (Wildman–Crippen LogP) is 0.548. The number of rotatable bonds is 5. The number of carbonyl (C=O) groups is 3. The predicted molar refractivity (Wildman–Crippen MR) is 96.9 cm³/mol. The van der Waals surface area contributed by atoms with Crippen LogP contribution in [0.15, 0.2) is 30.3 Å². The monoisotopic (exact) mass is 344 g/mol. The van der Waals surface area contributed by atoms with Gasteiger partial charge in [0.2, 0.25) is 17.7 Å². The molecular formula is C18H24N4O3. The SMILES string of the molecule is CNC(=O)CN1CCN(C(=O)/C=C/c2ccc(NC(C)=O)cc2)CC1. The first-order valence-electron chi connectivity index (χ1n) is 8.25. The van der Waals surface area contributed by atoms with Crippen LogP contribution in [0.25, 0.3) is 6.08 Å². The van der Waals surface area contributed by atoms with Crippen molar-refractivity contribution in [3.63, 3.8) is 0 Å². The number of piperazine rings is 1. The third-order valence-corrected chi connectivity index (χ3v) is 3.98. The lowest BCUT2D eigenvalue weighted by atomic mass is 10.2. The van der Waals surface area contributed by atoms with E-state index in [0.29, 0.717) is 32.7 Å². The number of nitrogens with zero attached hydrogens (tertiary/aromatic N) is 2. The van der Waals surface area contributed by atoms with Crippen molar-refractivity contribution in [3.05, 3.63) is 35.9 Å². The van der Waals surface area contributed by atoms with E-state index < -0.39 is 0 Å². The molecule has 1 saturated heterocycles. The van der Waals surface area contributed by atoms with Crippen LogP contribution in [0.2, 0.25) is 0 Å². The minimum atomic E-state index is -0.117. The quantitative estimate of drug-likeness (QED) is 0.764. The number of anilines is 1. The van der Waals surface area contributed by atoms with Gasteiger partial charge in [0.15, 0.2) is 0 Å². The maximum Gasteiger partial charge on any atom is 0.246 e. The summed E-state index contributed by atoms with van der Waals surface area (Å²) < 4.78 is 0. The van der Waals surface area contributed by atoms with Gasteiger partial charge < -0.3 is 15.5 Å². The molecule has 0 atom stereocenters. The van der Waals surface area contributed by atoms with Gasteiger partial charge in [-0.2, -0.15) is 0 Å². The van der Waals surface area contributed by atoms with Crippen LogP contribution >= 0.6 is 0 Å². The highest BCUT2D eigenvalue weighted by molar-refractivity contribution is 5.92. The highest BCUT2D eigenvalue weighted by Gasteiger charge is 2.20. The van der Waals surface area contributed by atoms with Crippen molar-refractivity contribution >= 4 is 29.5 Å². The molecule has 0 spiro atoms. The third kappa shape index (κ3) is 6.04. The summed E-state index contributed by atoms with van der Waals surface area (Å²) in [5.74, 6) is -0.165. The number of benzene rings is 1. The van der Waals surface area contributed by atoms with Crippen molar-refractivity contribution in [2.24, 2.45) is 0 Å². The lowest BCUT2D eigenvalue weighted by Crippen LogP contribution is -2.50. The lowest BCUT2D eigenvalue weighted by Gasteiger charge is -2.33. The average molecular weight is 344 g/mol. The van der Waals surface area contributed by atoms with Crippen molar-refractivity contribution in [2.45, 2.75) is 6.92 Å². The molecule has 0 aliphatic carbocycles. The number of nitrogens with one attached hydrogen (secondary N) is 2. The summed E-state index contributed by atoms with van der Waals surface area (Å²) >= 11 is 0. The number of hydrogen-bond acceptors (Lipinski definition) is 4. The summed E-state index contributed by atoms with van der Waals surface area (Å²) in [6.07, 6.45) is 3.32. The number of hydrogen-bond donors (Lipinski definition) is 2. The van der Waals surface area contributed by atoms with Crippen molar-refractivity contribution in [1.29, 1.82) is 0 Å². The fourth-order valence-corrected chi connectivity index (χ4v) is 2.56. The Kier molecular flexibility index (Phi) is 6.71. The van der Waals surface area contributed by atoms with E-state index in [1.165, 1.54) is 6.92 Å². The molecular weight excluding hydrogens is 320 g/mol. The Morgan fingerprint density at radius 3 is 2.28 bits per heavy atom. The normalized spacial score (nSPS) is 15.2. The minimum Gasteiger partial charge on any atom is -0.358 e. The molecule has 1 aromatic rings. The Morgan fingerprint density at radius 2 is 1.72 bits per heavy atom. The largest absolute Gasteiger partial charge is 0.358 e. The van der Waals surface area contributed by atoms with E-state index in [1.54, 1.807) is 36.2 Å². The van der Waals surface area contributed by atoms with Crippen LogP contribution in [-0.2, 0) is 14.4 Å². The molecule has 0 radical (unpaired) electrons. The molecule has 134 valence electrons. The van der Waals surface area contributed by atoms with Crippen molar-refractivity contribution in [1.82, 2.24) is 15.1 Å². The van der Waals surface area contributed by atoms with Crippen LogP contribution in [0, 0.1) is 0 Å². The molecule has 0 saturated carbocycles. The average Bonchev–Trinajstić information content (AvgIpc) is 2.61.